The summed E-state index contributed by atoms with van der Waals surface area (Å²) < 4.78 is 10.1. The van der Waals surface area contributed by atoms with E-state index in [9.17, 15) is 0 Å². The molecule has 0 aliphatic heterocycles. The van der Waals surface area contributed by atoms with Crippen molar-refractivity contribution < 1.29 is 4.74 Å². The molecule has 8 nitrogen and oxygen atoms in total. The monoisotopic (exact) mass is 403 g/mol. The Morgan fingerprint density at radius 2 is 2.00 bits per heavy atom. The van der Waals surface area contributed by atoms with Gasteiger partial charge in [0.05, 0.1) is 30.1 Å². The average Bonchev–Trinajstić information content (AvgIpc) is 3.38. The summed E-state index contributed by atoms with van der Waals surface area (Å²) in [5.74, 6) is 1.68. The van der Waals surface area contributed by atoms with Gasteiger partial charge in [-0.2, -0.15) is 10.2 Å². The van der Waals surface area contributed by atoms with E-state index in [0.717, 1.165) is 59.4 Å². The van der Waals surface area contributed by atoms with Crippen LogP contribution in [0, 0.1) is 0 Å². The molecule has 0 aromatic carbocycles. The van der Waals surface area contributed by atoms with E-state index in [1.54, 1.807) is 17.1 Å². The molecule has 0 saturated heterocycles. The maximum Gasteiger partial charge on any atom is 0.137 e. The lowest BCUT2D eigenvalue weighted by Crippen LogP contribution is -2.26. The van der Waals surface area contributed by atoms with Crippen LogP contribution in [0.15, 0.2) is 49.2 Å². The zero-order valence-electron chi connectivity index (χ0n) is 17.2. The number of nitrogens with one attached hydrogen (secondary N) is 1. The highest BCUT2D eigenvalue weighted by atomic mass is 16.5. The van der Waals surface area contributed by atoms with Crippen LogP contribution in [0.2, 0.25) is 0 Å². The molecular weight excluding hydrogens is 378 g/mol. The third-order valence-electron chi connectivity index (χ3n) is 5.75. The zero-order valence-corrected chi connectivity index (χ0v) is 17.2. The average molecular weight is 403 g/mol. The van der Waals surface area contributed by atoms with Gasteiger partial charge < -0.3 is 10.1 Å². The van der Waals surface area contributed by atoms with Crippen LogP contribution in [-0.4, -0.2) is 42.7 Å². The normalized spacial score (nSPS) is 19.1. The highest BCUT2D eigenvalue weighted by Gasteiger charge is 2.27. The first-order chi connectivity index (χ1) is 14.7. The van der Waals surface area contributed by atoms with Crippen molar-refractivity contribution in [1.29, 1.82) is 0 Å². The van der Waals surface area contributed by atoms with Crippen molar-refractivity contribution in [3.8, 4) is 17.0 Å². The Morgan fingerprint density at radius 3 is 2.70 bits per heavy atom. The number of rotatable bonds is 5. The van der Waals surface area contributed by atoms with E-state index in [-0.39, 0.29) is 6.10 Å². The lowest BCUT2D eigenvalue weighted by atomic mass is 9.93. The maximum absolute atomic E-state index is 6.12. The van der Waals surface area contributed by atoms with E-state index in [1.165, 1.54) is 0 Å². The number of aryl methyl sites for hydroxylation is 1. The first-order valence-corrected chi connectivity index (χ1v) is 10.3. The van der Waals surface area contributed by atoms with Crippen molar-refractivity contribution in [2.24, 2.45) is 7.05 Å². The van der Waals surface area contributed by atoms with E-state index in [2.05, 4.69) is 31.1 Å². The first-order valence-electron chi connectivity index (χ1n) is 10.3. The highest BCUT2D eigenvalue weighted by Crippen LogP contribution is 2.36. The Kier molecular flexibility index (Phi) is 4.82. The SMILES string of the molecule is CNc1cc2c(cn1)c(-c1cnn(C)c1)nn2C1CCC(Oc2cccnc2)CC1. The van der Waals surface area contributed by atoms with E-state index in [1.807, 2.05) is 44.8 Å². The Labute approximate surface area is 174 Å². The smallest absolute Gasteiger partial charge is 0.137 e. The Balaban J connectivity index is 1.42. The number of hydrogen-bond acceptors (Lipinski definition) is 6. The lowest BCUT2D eigenvalue weighted by Gasteiger charge is -2.29. The van der Waals surface area contributed by atoms with Gasteiger partial charge in [-0.05, 0) is 37.8 Å². The molecule has 4 aromatic rings. The topological polar surface area (TPSA) is 82.7 Å². The molecular formula is C22H25N7O. The summed E-state index contributed by atoms with van der Waals surface area (Å²) in [6.45, 7) is 0. The van der Waals surface area contributed by atoms with Crippen molar-refractivity contribution >= 4 is 16.7 Å². The standard InChI is InChI=1S/C22H25N7O/c1-23-21-10-20-19(13-25-21)22(15-11-26-28(2)14-15)27-29(20)16-5-7-17(8-6-16)30-18-4-3-9-24-12-18/h3-4,9-14,16-17H,5-8H2,1-2H3,(H,23,25). The molecule has 1 saturated carbocycles. The number of ether oxygens (including phenoxy) is 1. The molecule has 8 heteroatoms. The van der Waals surface area contributed by atoms with Gasteiger partial charge >= 0.3 is 0 Å². The summed E-state index contributed by atoms with van der Waals surface area (Å²) in [6, 6.07) is 6.29. The molecule has 1 fully saturated rings. The van der Waals surface area contributed by atoms with E-state index >= 15 is 0 Å². The van der Waals surface area contributed by atoms with Crippen LogP contribution in [-0.2, 0) is 7.05 Å². The molecule has 0 atom stereocenters. The van der Waals surface area contributed by atoms with Gasteiger partial charge in [0, 0.05) is 49.7 Å². The Bertz CT molecular complexity index is 1140. The van der Waals surface area contributed by atoms with Crippen LogP contribution in [0.1, 0.15) is 31.7 Å². The fourth-order valence-corrected chi connectivity index (χ4v) is 4.22. The first kappa shape index (κ1) is 18.6. The number of pyridine rings is 2. The lowest BCUT2D eigenvalue weighted by molar-refractivity contribution is 0.130. The number of fused-ring (bicyclic) bond motifs is 1. The second-order valence-electron chi connectivity index (χ2n) is 7.77. The number of nitrogens with zero attached hydrogens (tertiary/aromatic N) is 6. The Morgan fingerprint density at radius 1 is 1.13 bits per heavy atom. The summed E-state index contributed by atoms with van der Waals surface area (Å²) >= 11 is 0. The van der Waals surface area contributed by atoms with Crippen LogP contribution in [0.3, 0.4) is 0 Å². The molecule has 1 aliphatic carbocycles. The minimum Gasteiger partial charge on any atom is -0.489 e. The second kappa shape index (κ2) is 7.78. The molecule has 154 valence electrons. The summed E-state index contributed by atoms with van der Waals surface area (Å²) in [5.41, 5.74) is 3.04. The largest absolute Gasteiger partial charge is 0.489 e. The molecule has 0 amide bonds. The molecule has 30 heavy (non-hydrogen) atoms. The number of anilines is 1. The van der Waals surface area contributed by atoms with Crippen molar-refractivity contribution in [3.63, 3.8) is 0 Å². The predicted octanol–water partition coefficient (Wildman–Crippen LogP) is 3.83. The van der Waals surface area contributed by atoms with Crippen molar-refractivity contribution in [1.82, 2.24) is 29.5 Å². The van der Waals surface area contributed by atoms with E-state index in [0.29, 0.717) is 6.04 Å². The minimum absolute atomic E-state index is 0.222. The summed E-state index contributed by atoms with van der Waals surface area (Å²) in [6.07, 6.45) is 13.6. The van der Waals surface area contributed by atoms with E-state index in [4.69, 9.17) is 9.84 Å². The third kappa shape index (κ3) is 3.49. The summed E-state index contributed by atoms with van der Waals surface area (Å²) in [7, 11) is 3.81. The molecule has 1 aliphatic rings. The van der Waals surface area contributed by atoms with Gasteiger partial charge in [0.2, 0.25) is 0 Å². The van der Waals surface area contributed by atoms with Gasteiger partial charge in [0.25, 0.3) is 0 Å². The van der Waals surface area contributed by atoms with Crippen molar-refractivity contribution in [2.45, 2.75) is 37.8 Å². The van der Waals surface area contributed by atoms with Gasteiger partial charge in [0.15, 0.2) is 0 Å². The Hall–Kier alpha value is -3.42. The summed E-state index contributed by atoms with van der Waals surface area (Å²) in [4.78, 5) is 8.66. The number of hydrogen-bond donors (Lipinski definition) is 1. The zero-order chi connectivity index (χ0) is 20.5. The molecule has 0 spiro atoms. The summed E-state index contributed by atoms with van der Waals surface area (Å²) in [5, 5.41) is 13.5. The molecule has 0 bridgehead atoms. The minimum atomic E-state index is 0.222. The van der Waals surface area contributed by atoms with Crippen molar-refractivity contribution in [2.75, 3.05) is 12.4 Å². The van der Waals surface area contributed by atoms with Gasteiger partial charge in [0.1, 0.15) is 17.3 Å². The number of aromatic nitrogens is 6. The van der Waals surface area contributed by atoms with Gasteiger partial charge in [-0.15, -0.1) is 0 Å². The quantitative estimate of drug-likeness (QED) is 0.545. The van der Waals surface area contributed by atoms with Crippen LogP contribution >= 0.6 is 0 Å². The van der Waals surface area contributed by atoms with Gasteiger partial charge in [-0.25, -0.2) is 4.98 Å². The van der Waals surface area contributed by atoms with Crippen LogP contribution < -0.4 is 10.1 Å². The third-order valence-corrected chi connectivity index (χ3v) is 5.75. The predicted molar refractivity (Wildman–Crippen MR) is 115 cm³/mol. The fourth-order valence-electron chi connectivity index (χ4n) is 4.22. The van der Waals surface area contributed by atoms with Gasteiger partial charge in [-0.3, -0.25) is 14.3 Å². The van der Waals surface area contributed by atoms with Gasteiger partial charge in [-0.1, -0.05) is 0 Å². The van der Waals surface area contributed by atoms with Crippen molar-refractivity contribution in [3.05, 3.63) is 49.2 Å². The molecule has 4 aromatic heterocycles. The molecule has 0 radical (unpaired) electrons. The molecule has 5 rings (SSSR count). The molecule has 1 N–H and O–H groups in total. The van der Waals surface area contributed by atoms with Crippen LogP contribution in [0.4, 0.5) is 5.82 Å². The highest BCUT2D eigenvalue weighted by molar-refractivity contribution is 5.93. The van der Waals surface area contributed by atoms with E-state index < -0.39 is 0 Å². The molecule has 4 heterocycles. The maximum atomic E-state index is 6.12. The van der Waals surface area contributed by atoms with Crippen LogP contribution in [0.25, 0.3) is 22.2 Å². The molecule has 0 unspecified atom stereocenters. The van der Waals surface area contributed by atoms with Crippen LogP contribution in [0.5, 0.6) is 5.75 Å². The second-order valence-corrected chi connectivity index (χ2v) is 7.77. The fraction of sp³-hybridized carbons (Fsp3) is 0.364.